The Morgan fingerprint density at radius 2 is 1.75 bits per heavy atom. The molecule has 0 saturated carbocycles. The van der Waals surface area contributed by atoms with Crippen LogP contribution in [0.2, 0.25) is 0 Å². The van der Waals surface area contributed by atoms with E-state index in [0.29, 0.717) is 0 Å². The van der Waals surface area contributed by atoms with E-state index in [1.165, 1.54) is 0 Å². The maximum atomic E-state index is 12.3. The van der Waals surface area contributed by atoms with Gasteiger partial charge in [-0.25, -0.2) is 4.21 Å². The molecule has 1 aliphatic rings. The van der Waals surface area contributed by atoms with E-state index in [4.69, 9.17) is 0 Å². The Morgan fingerprint density at radius 1 is 1.00 bits per heavy atom. The molecule has 0 amide bonds. The van der Waals surface area contributed by atoms with Gasteiger partial charge in [0.05, 0.1) is 32.0 Å². The van der Waals surface area contributed by atoms with Gasteiger partial charge in [-0.1, -0.05) is 24.3 Å². The van der Waals surface area contributed by atoms with Gasteiger partial charge in [0.15, 0.2) is 0 Å². The molecule has 0 spiro atoms. The number of anilines is 2. The van der Waals surface area contributed by atoms with E-state index in [1.54, 1.807) is 0 Å². The molecule has 0 aliphatic carbocycles. The van der Waals surface area contributed by atoms with Crippen molar-refractivity contribution in [3.63, 3.8) is 0 Å². The van der Waals surface area contributed by atoms with Crippen LogP contribution in [0.15, 0.2) is 52.3 Å². The van der Waals surface area contributed by atoms with Crippen molar-refractivity contribution in [2.45, 2.75) is 16.7 Å². The van der Waals surface area contributed by atoms with Crippen LogP contribution in [0.1, 0.15) is 5.56 Å². The first-order valence-corrected chi connectivity index (χ1v) is 6.30. The highest BCUT2D eigenvalue weighted by Gasteiger charge is 2.21. The van der Waals surface area contributed by atoms with Crippen LogP contribution in [0.25, 0.3) is 0 Å². The quantitative estimate of drug-likeness (QED) is 0.641. The van der Waals surface area contributed by atoms with Crippen LogP contribution >= 0.6 is 0 Å². The predicted octanol–water partition coefficient (Wildman–Crippen LogP) is 3.22. The van der Waals surface area contributed by atoms with E-state index < -0.39 is 10.8 Å². The zero-order valence-corrected chi connectivity index (χ0v) is 9.67. The minimum Gasteiger partial charge on any atom is -0.353 e. The van der Waals surface area contributed by atoms with Gasteiger partial charge in [-0.15, -0.1) is 0 Å². The van der Waals surface area contributed by atoms with E-state index in [2.05, 4.69) is 5.32 Å². The second-order valence-corrected chi connectivity index (χ2v) is 5.26. The highest BCUT2D eigenvalue weighted by molar-refractivity contribution is 7.85. The average molecular weight is 229 g/mol. The molecule has 1 N–H and O–H groups in total. The third-order valence-electron chi connectivity index (χ3n) is 2.78. The highest BCUT2D eigenvalue weighted by atomic mass is 32.2. The number of hydrogen-bond donors (Lipinski definition) is 1. The maximum Gasteiger partial charge on any atom is 0.0892 e. The number of benzene rings is 2. The van der Waals surface area contributed by atoms with E-state index >= 15 is 0 Å². The van der Waals surface area contributed by atoms with Gasteiger partial charge >= 0.3 is 0 Å². The van der Waals surface area contributed by atoms with Gasteiger partial charge in [0.2, 0.25) is 0 Å². The zero-order chi connectivity index (χ0) is 11.1. The minimum atomic E-state index is -1.06. The third-order valence-corrected chi connectivity index (χ3v) is 4.28. The lowest BCUT2D eigenvalue weighted by Gasteiger charge is -2.22. The van der Waals surface area contributed by atoms with E-state index in [1.807, 2.05) is 49.4 Å². The van der Waals surface area contributed by atoms with Crippen molar-refractivity contribution in [3.8, 4) is 0 Å². The van der Waals surface area contributed by atoms with Gasteiger partial charge < -0.3 is 5.32 Å². The van der Waals surface area contributed by atoms with Crippen LogP contribution in [0.4, 0.5) is 11.4 Å². The standard InChI is InChI=1S/C13H11NOS/c1-9-5-4-8-12-13(9)14-10-6-2-3-7-11(10)16(12)15/h2-8,14H,1H3. The number of para-hydroxylation sites is 2. The molecule has 2 aromatic carbocycles. The molecule has 2 nitrogen and oxygen atoms in total. The third kappa shape index (κ3) is 1.28. The Hall–Kier alpha value is -1.61. The summed E-state index contributed by atoms with van der Waals surface area (Å²) >= 11 is 0. The van der Waals surface area contributed by atoms with Gasteiger partial charge in [-0.3, -0.25) is 0 Å². The summed E-state index contributed by atoms with van der Waals surface area (Å²) in [6, 6.07) is 13.6. The molecule has 1 heterocycles. The Kier molecular flexibility index (Phi) is 2.07. The molecule has 0 bridgehead atoms. The maximum absolute atomic E-state index is 12.3. The van der Waals surface area contributed by atoms with Crippen LogP contribution < -0.4 is 5.32 Å². The summed E-state index contributed by atoms with van der Waals surface area (Å²) in [4.78, 5) is 1.74. The van der Waals surface area contributed by atoms with E-state index in [0.717, 1.165) is 26.7 Å². The van der Waals surface area contributed by atoms with Gasteiger partial charge in [0, 0.05) is 0 Å². The molecule has 2 aromatic rings. The number of aryl methyl sites for hydroxylation is 1. The summed E-state index contributed by atoms with van der Waals surface area (Å²) in [5, 5.41) is 3.35. The number of rotatable bonds is 0. The number of nitrogens with one attached hydrogen (secondary N) is 1. The van der Waals surface area contributed by atoms with Gasteiger partial charge in [0.25, 0.3) is 0 Å². The first-order chi connectivity index (χ1) is 7.77. The molecule has 0 saturated heterocycles. The van der Waals surface area contributed by atoms with Crippen molar-refractivity contribution in [3.05, 3.63) is 48.0 Å². The van der Waals surface area contributed by atoms with Crippen molar-refractivity contribution >= 4 is 22.2 Å². The molecule has 3 rings (SSSR count). The summed E-state index contributed by atoms with van der Waals surface area (Å²) in [6.07, 6.45) is 0. The lowest BCUT2D eigenvalue weighted by atomic mass is 10.2. The molecular weight excluding hydrogens is 218 g/mol. The van der Waals surface area contributed by atoms with Gasteiger partial charge in [-0.2, -0.15) is 0 Å². The van der Waals surface area contributed by atoms with Crippen molar-refractivity contribution in [2.24, 2.45) is 0 Å². The fourth-order valence-corrected chi connectivity index (χ4v) is 3.30. The molecule has 1 unspecified atom stereocenters. The topological polar surface area (TPSA) is 29.1 Å². The lowest BCUT2D eigenvalue weighted by Crippen LogP contribution is -2.09. The van der Waals surface area contributed by atoms with E-state index in [-0.39, 0.29) is 0 Å². The zero-order valence-electron chi connectivity index (χ0n) is 8.86. The molecular formula is C13H11NOS. The molecule has 1 atom stereocenters. The Labute approximate surface area is 96.8 Å². The smallest absolute Gasteiger partial charge is 0.0892 e. The average Bonchev–Trinajstić information content (AvgIpc) is 2.31. The molecule has 3 heteroatoms. The SMILES string of the molecule is Cc1cccc2c1Nc1ccccc1S2=O. The number of hydrogen-bond acceptors (Lipinski definition) is 2. The molecule has 1 aliphatic heterocycles. The summed E-state index contributed by atoms with van der Waals surface area (Å²) in [5.74, 6) is 0. The monoisotopic (exact) mass is 229 g/mol. The Morgan fingerprint density at radius 3 is 2.62 bits per heavy atom. The normalized spacial score (nSPS) is 17.2. The van der Waals surface area contributed by atoms with Gasteiger partial charge in [-0.05, 0) is 30.7 Å². The van der Waals surface area contributed by atoms with Crippen LogP contribution in [0, 0.1) is 6.92 Å². The lowest BCUT2D eigenvalue weighted by molar-refractivity contribution is 0.683. The van der Waals surface area contributed by atoms with Crippen LogP contribution in [-0.4, -0.2) is 4.21 Å². The van der Waals surface area contributed by atoms with Crippen LogP contribution in [0.5, 0.6) is 0 Å². The van der Waals surface area contributed by atoms with Crippen molar-refractivity contribution < 1.29 is 4.21 Å². The first kappa shape index (κ1) is 9.60. The summed E-state index contributed by atoms with van der Waals surface area (Å²) in [6.45, 7) is 2.02. The number of fused-ring (bicyclic) bond motifs is 2. The van der Waals surface area contributed by atoms with E-state index in [9.17, 15) is 4.21 Å². The Bertz CT molecular complexity index is 592. The van der Waals surface area contributed by atoms with Crippen molar-refractivity contribution in [1.29, 1.82) is 0 Å². The largest absolute Gasteiger partial charge is 0.353 e. The second-order valence-electron chi connectivity index (χ2n) is 3.84. The summed E-state index contributed by atoms with van der Waals surface area (Å²) in [5.41, 5.74) is 3.06. The van der Waals surface area contributed by atoms with Crippen molar-refractivity contribution in [2.75, 3.05) is 5.32 Å². The predicted molar refractivity (Wildman–Crippen MR) is 65.6 cm³/mol. The summed E-state index contributed by atoms with van der Waals surface area (Å²) in [7, 11) is -1.06. The molecule has 0 radical (unpaired) electrons. The fourth-order valence-electron chi connectivity index (χ4n) is 1.94. The van der Waals surface area contributed by atoms with Gasteiger partial charge in [0.1, 0.15) is 0 Å². The summed E-state index contributed by atoms with van der Waals surface area (Å²) < 4.78 is 12.3. The molecule has 0 fully saturated rings. The highest BCUT2D eigenvalue weighted by Crippen LogP contribution is 2.38. The molecule has 80 valence electrons. The first-order valence-electron chi connectivity index (χ1n) is 5.15. The van der Waals surface area contributed by atoms with Crippen LogP contribution in [0.3, 0.4) is 0 Å². The van der Waals surface area contributed by atoms with Crippen molar-refractivity contribution in [1.82, 2.24) is 0 Å². The molecule has 0 aromatic heterocycles. The fraction of sp³-hybridized carbons (Fsp3) is 0.0769. The minimum absolute atomic E-state index is 0.862. The second kappa shape index (κ2) is 3.46. The molecule has 16 heavy (non-hydrogen) atoms. The van der Waals surface area contributed by atoms with Crippen LogP contribution in [-0.2, 0) is 10.8 Å². The Balaban J connectivity index is 2.26.